The van der Waals surface area contributed by atoms with Crippen molar-refractivity contribution in [3.8, 4) is 11.5 Å². The van der Waals surface area contributed by atoms with E-state index in [2.05, 4.69) is 27.8 Å². The largest absolute Gasteiger partial charge is 0.503 e. The molecule has 0 fully saturated rings. The topological polar surface area (TPSA) is 85.2 Å². The lowest BCUT2D eigenvalue weighted by atomic mass is 9.71. The molecule has 2 aliphatic rings. The van der Waals surface area contributed by atoms with Gasteiger partial charge in [-0.3, -0.25) is 14.6 Å². The van der Waals surface area contributed by atoms with Crippen molar-refractivity contribution in [2.75, 3.05) is 13.2 Å². The Kier molecular flexibility index (Phi) is 7.92. The summed E-state index contributed by atoms with van der Waals surface area (Å²) < 4.78 is 11.7. The number of carbonyl (C=O) groups excluding carboxylic acids is 2. The molecular weight excluding hydrogens is 462 g/mol. The zero-order valence-corrected chi connectivity index (χ0v) is 20.0. The second kappa shape index (κ2) is 10.4. The molecule has 2 atom stereocenters. The van der Waals surface area contributed by atoms with E-state index in [1.807, 2.05) is 13.8 Å². The third-order valence-corrected chi connectivity index (χ3v) is 6.39. The van der Waals surface area contributed by atoms with Crippen LogP contribution in [0.2, 0.25) is 0 Å². The fraction of sp³-hybridized carbons (Fsp3) is 0.542. The molecule has 0 aromatic heterocycles. The summed E-state index contributed by atoms with van der Waals surface area (Å²) in [6, 6.07) is 3.47. The number of nitrogens with zero attached hydrogens (tertiary/aromatic N) is 1. The van der Waals surface area contributed by atoms with Crippen LogP contribution >= 0.6 is 15.9 Å². The summed E-state index contributed by atoms with van der Waals surface area (Å²) in [6.45, 7) is 6.49. The molecular formula is C24H30BrNO5. The lowest BCUT2D eigenvalue weighted by Gasteiger charge is -2.34. The Balaban J connectivity index is 2.06. The van der Waals surface area contributed by atoms with Crippen LogP contribution in [-0.4, -0.2) is 35.8 Å². The van der Waals surface area contributed by atoms with Gasteiger partial charge in [-0.05, 0) is 66.7 Å². The number of esters is 1. The van der Waals surface area contributed by atoms with Crippen LogP contribution in [0.5, 0.6) is 11.5 Å². The summed E-state index contributed by atoms with van der Waals surface area (Å²) in [5, 5.41) is 10.4. The van der Waals surface area contributed by atoms with Crippen molar-refractivity contribution in [2.45, 2.75) is 65.2 Å². The average Bonchev–Trinajstić information content (AvgIpc) is 2.73. The Hall–Kier alpha value is -2.15. The summed E-state index contributed by atoms with van der Waals surface area (Å²) in [5.74, 6) is -1.24. The van der Waals surface area contributed by atoms with Gasteiger partial charge in [0.05, 0.1) is 17.7 Å². The number of Topliss-reactive ketones (excluding diaryl/α,β-unsaturated/α-hetero) is 1. The molecule has 31 heavy (non-hydrogen) atoms. The maximum Gasteiger partial charge on any atom is 0.315 e. The minimum absolute atomic E-state index is 0.00494. The molecule has 168 valence electrons. The number of rotatable bonds is 8. The lowest BCUT2D eigenvalue weighted by Crippen LogP contribution is -2.37. The number of unbranched alkanes of at least 4 members (excludes halogenated alkanes) is 2. The van der Waals surface area contributed by atoms with Crippen LogP contribution in [0.3, 0.4) is 0 Å². The van der Waals surface area contributed by atoms with Crippen LogP contribution in [0, 0.1) is 5.92 Å². The summed E-state index contributed by atoms with van der Waals surface area (Å²) in [5.41, 5.74) is 2.73. The van der Waals surface area contributed by atoms with Crippen molar-refractivity contribution in [2.24, 2.45) is 10.9 Å². The molecule has 0 amide bonds. The second-order valence-electron chi connectivity index (χ2n) is 8.00. The van der Waals surface area contributed by atoms with Gasteiger partial charge in [0.25, 0.3) is 0 Å². The predicted molar refractivity (Wildman–Crippen MR) is 123 cm³/mol. The van der Waals surface area contributed by atoms with Gasteiger partial charge in [0.2, 0.25) is 0 Å². The van der Waals surface area contributed by atoms with Crippen LogP contribution < -0.4 is 4.74 Å². The standard InChI is InChI=1S/C24H30BrNO5/c1-4-6-7-11-31-24(29)20-14(3)26-17-9-8-10-18(27)22(17)21(20)15-12-16(25)23(28)19(13-15)30-5-2/h12-13,20-21,28H,4-11H2,1-3H3/t20?,21-/m1/s1. The Morgan fingerprint density at radius 1 is 1.26 bits per heavy atom. The summed E-state index contributed by atoms with van der Waals surface area (Å²) in [7, 11) is 0. The van der Waals surface area contributed by atoms with Gasteiger partial charge in [0.15, 0.2) is 17.3 Å². The number of allylic oxidation sites excluding steroid dienone is 2. The van der Waals surface area contributed by atoms with E-state index in [-0.39, 0.29) is 17.5 Å². The highest BCUT2D eigenvalue weighted by Gasteiger charge is 2.43. The number of benzene rings is 1. The zero-order chi connectivity index (χ0) is 22.5. The van der Waals surface area contributed by atoms with Crippen LogP contribution in [0.15, 0.2) is 32.9 Å². The number of phenols is 1. The molecule has 1 aromatic carbocycles. The number of carbonyl (C=O) groups is 2. The normalized spacial score (nSPS) is 20.9. The number of aliphatic imine (C=N–C) groups is 1. The fourth-order valence-corrected chi connectivity index (χ4v) is 4.78. The first kappa shape index (κ1) is 23.5. The van der Waals surface area contributed by atoms with Gasteiger partial charge in [0.1, 0.15) is 5.92 Å². The molecule has 0 saturated carbocycles. The van der Waals surface area contributed by atoms with Gasteiger partial charge < -0.3 is 14.6 Å². The highest BCUT2D eigenvalue weighted by Crippen LogP contribution is 2.47. The van der Waals surface area contributed by atoms with Crippen molar-refractivity contribution in [1.29, 1.82) is 0 Å². The number of aromatic hydroxyl groups is 1. The van der Waals surface area contributed by atoms with Crippen LogP contribution in [0.25, 0.3) is 0 Å². The number of ketones is 1. The first-order valence-electron chi connectivity index (χ1n) is 11.0. The quantitative estimate of drug-likeness (QED) is 0.384. The SMILES string of the molecule is CCCCCOC(=O)C1C(C)=NC2=C(C(=O)CCC2)[C@@H]1c1cc(Br)c(O)c(OCC)c1. The van der Waals surface area contributed by atoms with Crippen LogP contribution in [0.4, 0.5) is 0 Å². The predicted octanol–water partition coefficient (Wildman–Crippen LogP) is 5.47. The lowest BCUT2D eigenvalue weighted by molar-refractivity contribution is -0.146. The van der Waals surface area contributed by atoms with E-state index in [1.54, 1.807) is 12.1 Å². The fourth-order valence-electron chi connectivity index (χ4n) is 4.33. The molecule has 0 spiro atoms. The molecule has 3 rings (SSSR count). The summed E-state index contributed by atoms with van der Waals surface area (Å²) >= 11 is 3.39. The summed E-state index contributed by atoms with van der Waals surface area (Å²) in [4.78, 5) is 30.8. The maximum atomic E-state index is 13.2. The van der Waals surface area contributed by atoms with E-state index in [1.165, 1.54) is 0 Å². The van der Waals surface area contributed by atoms with Gasteiger partial charge in [-0.25, -0.2) is 0 Å². The van der Waals surface area contributed by atoms with E-state index in [0.29, 0.717) is 47.6 Å². The van der Waals surface area contributed by atoms with E-state index < -0.39 is 11.8 Å². The highest BCUT2D eigenvalue weighted by atomic mass is 79.9. The molecule has 6 nitrogen and oxygen atoms in total. The third-order valence-electron chi connectivity index (χ3n) is 5.79. The Labute approximate surface area is 191 Å². The zero-order valence-electron chi connectivity index (χ0n) is 18.4. The Bertz CT molecular complexity index is 921. The molecule has 1 heterocycles. The van der Waals surface area contributed by atoms with Gasteiger partial charge in [-0.15, -0.1) is 0 Å². The first-order chi connectivity index (χ1) is 14.9. The summed E-state index contributed by atoms with van der Waals surface area (Å²) in [6.07, 6.45) is 4.75. The van der Waals surface area contributed by atoms with Gasteiger partial charge in [-0.1, -0.05) is 19.8 Å². The van der Waals surface area contributed by atoms with Gasteiger partial charge in [0, 0.05) is 29.3 Å². The molecule has 1 aliphatic heterocycles. The minimum atomic E-state index is -0.687. The van der Waals surface area contributed by atoms with Gasteiger partial charge >= 0.3 is 5.97 Å². The molecule has 1 N–H and O–H groups in total. The number of hydrogen-bond donors (Lipinski definition) is 1. The molecule has 0 bridgehead atoms. The molecule has 1 aliphatic carbocycles. The number of halogens is 1. The smallest absolute Gasteiger partial charge is 0.315 e. The highest BCUT2D eigenvalue weighted by molar-refractivity contribution is 9.10. The third kappa shape index (κ3) is 5.03. The van der Waals surface area contributed by atoms with Crippen molar-refractivity contribution in [1.82, 2.24) is 0 Å². The number of ether oxygens (including phenoxy) is 2. The monoisotopic (exact) mass is 491 g/mol. The molecule has 7 heteroatoms. The van der Waals surface area contributed by atoms with Crippen molar-refractivity contribution >= 4 is 33.4 Å². The maximum absolute atomic E-state index is 13.2. The molecule has 1 aromatic rings. The van der Waals surface area contributed by atoms with Crippen LogP contribution in [-0.2, 0) is 14.3 Å². The van der Waals surface area contributed by atoms with E-state index >= 15 is 0 Å². The van der Waals surface area contributed by atoms with Crippen molar-refractivity contribution < 1.29 is 24.2 Å². The second-order valence-corrected chi connectivity index (χ2v) is 8.86. The van der Waals surface area contributed by atoms with E-state index in [0.717, 1.165) is 36.9 Å². The molecule has 0 saturated heterocycles. The number of hydrogen-bond acceptors (Lipinski definition) is 6. The van der Waals surface area contributed by atoms with Gasteiger partial charge in [-0.2, -0.15) is 0 Å². The van der Waals surface area contributed by atoms with Crippen LogP contribution in [0.1, 0.15) is 70.8 Å². The Morgan fingerprint density at radius 2 is 2.03 bits per heavy atom. The first-order valence-corrected chi connectivity index (χ1v) is 11.8. The van der Waals surface area contributed by atoms with E-state index in [4.69, 9.17) is 9.47 Å². The Morgan fingerprint density at radius 3 is 2.74 bits per heavy atom. The average molecular weight is 492 g/mol. The molecule has 1 unspecified atom stereocenters. The molecule has 0 radical (unpaired) electrons. The number of phenolic OH excluding ortho intramolecular Hbond substituents is 1. The van der Waals surface area contributed by atoms with Crippen molar-refractivity contribution in [3.05, 3.63) is 33.4 Å². The van der Waals surface area contributed by atoms with E-state index in [9.17, 15) is 14.7 Å². The minimum Gasteiger partial charge on any atom is -0.503 e. The van der Waals surface area contributed by atoms with Crippen molar-refractivity contribution in [3.63, 3.8) is 0 Å².